The molecule has 124 valence electrons. The lowest BCUT2D eigenvalue weighted by Crippen LogP contribution is -2.40. The minimum Gasteiger partial charge on any atom is -0.480 e. The third-order valence-electron chi connectivity index (χ3n) is 4.68. The summed E-state index contributed by atoms with van der Waals surface area (Å²) in [6, 6.07) is 6.61. The normalized spacial score (nSPS) is 27.3. The van der Waals surface area contributed by atoms with Crippen LogP contribution in [0.15, 0.2) is 24.3 Å². The van der Waals surface area contributed by atoms with Crippen LogP contribution in [0, 0.1) is 0 Å². The number of methoxy groups -OCH3 is 1. The van der Waals surface area contributed by atoms with Crippen LogP contribution in [0.5, 0.6) is 0 Å². The van der Waals surface area contributed by atoms with Gasteiger partial charge in [-0.1, -0.05) is 12.1 Å². The van der Waals surface area contributed by atoms with Crippen molar-refractivity contribution in [2.75, 3.05) is 26.9 Å². The molecule has 0 bridgehead atoms. The summed E-state index contributed by atoms with van der Waals surface area (Å²) in [5.41, 5.74) is 1.60. The van der Waals surface area contributed by atoms with E-state index < -0.39 is 12.0 Å². The molecule has 0 radical (unpaired) electrons. The zero-order valence-corrected chi connectivity index (χ0v) is 13.1. The number of hydrogen-bond donors (Lipinski definition) is 1. The first-order valence-corrected chi connectivity index (χ1v) is 7.84. The molecule has 3 rings (SSSR count). The Labute approximate surface area is 135 Å². The molecule has 0 aliphatic carbocycles. The molecule has 1 aromatic rings. The first-order valence-electron chi connectivity index (χ1n) is 7.84. The number of likely N-dealkylation sites (tertiary alicyclic amines) is 1. The van der Waals surface area contributed by atoms with Crippen molar-refractivity contribution in [2.45, 2.75) is 30.9 Å². The molecule has 1 amide bonds. The Hall–Kier alpha value is -1.92. The number of amides is 1. The van der Waals surface area contributed by atoms with E-state index in [-0.39, 0.29) is 12.0 Å². The molecule has 1 N–H and O–H groups in total. The lowest BCUT2D eigenvalue weighted by atomic mass is 9.96. The van der Waals surface area contributed by atoms with E-state index in [1.165, 1.54) is 12.0 Å². The number of ether oxygens (including phenoxy) is 2. The van der Waals surface area contributed by atoms with E-state index in [1.807, 2.05) is 18.2 Å². The van der Waals surface area contributed by atoms with Crippen LogP contribution in [0.3, 0.4) is 0 Å². The highest BCUT2D eigenvalue weighted by atomic mass is 16.5. The van der Waals surface area contributed by atoms with Crippen molar-refractivity contribution in [1.29, 1.82) is 0 Å². The van der Waals surface area contributed by atoms with E-state index in [2.05, 4.69) is 0 Å². The molecular weight excluding hydrogens is 298 g/mol. The maximum absolute atomic E-state index is 12.8. The van der Waals surface area contributed by atoms with Crippen LogP contribution in [0.25, 0.3) is 0 Å². The summed E-state index contributed by atoms with van der Waals surface area (Å²) in [6.45, 7) is 1.72. The van der Waals surface area contributed by atoms with Gasteiger partial charge in [-0.3, -0.25) is 4.79 Å². The Morgan fingerprint density at radius 1 is 1.39 bits per heavy atom. The molecule has 0 aromatic heterocycles. The number of carboxylic acids is 1. The number of carbonyl (C=O) groups excluding carboxylic acids is 1. The molecule has 0 spiro atoms. The van der Waals surface area contributed by atoms with Gasteiger partial charge in [-0.05, 0) is 24.1 Å². The molecule has 2 aliphatic rings. The number of nitrogens with zero attached hydrogens (tertiary/aromatic N) is 1. The van der Waals surface area contributed by atoms with Gasteiger partial charge in [0.25, 0.3) is 5.91 Å². The minimum absolute atomic E-state index is 0.230. The number of hydrogen-bond acceptors (Lipinski definition) is 4. The molecule has 1 aromatic carbocycles. The molecule has 3 atom stereocenters. The summed E-state index contributed by atoms with van der Waals surface area (Å²) in [4.78, 5) is 25.6. The van der Waals surface area contributed by atoms with Crippen molar-refractivity contribution in [3.05, 3.63) is 35.4 Å². The average molecular weight is 319 g/mol. The summed E-state index contributed by atoms with van der Waals surface area (Å²) < 4.78 is 10.6. The number of carboxylic acid groups (broad SMARTS) is 1. The highest BCUT2D eigenvalue weighted by Gasteiger charge is 2.40. The van der Waals surface area contributed by atoms with E-state index in [9.17, 15) is 14.7 Å². The Bertz CT molecular complexity index is 596. The van der Waals surface area contributed by atoms with Crippen LogP contribution in [0.2, 0.25) is 0 Å². The number of aliphatic carboxylic acids is 1. The second-order valence-corrected chi connectivity index (χ2v) is 6.09. The number of benzene rings is 1. The second kappa shape index (κ2) is 6.68. The van der Waals surface area contributed by atoms with Gasteiger partial charge < -0.3 is 19.5 Å². The van der Waals surface area contributed by atoms with Gasteiger partial charge in [-0.15, -0.1) is 0 Å². The summed E-state index contributed by atoms with van der Waals surface area (Å²) >= 11 is 0. The van der Waals surface area contributed by atoms with Crippen LogP contribution in [0.4, 0.5) is 0 Å². The lowest BCUT2D eigenvalue weighted by molar-refractivity contribution is -0.141. The van der Waals surface area contributed by atoms with Crippen molar-refractivity contribution >= 4 is 11.9 Å². The van der Waals surface area contributed by atoms with Crippen molar-refractivity contribution < 1.29 is 24.2 Å². The van der Waals surface area contributed by atoms with Gasteiger partial charge in [-0.2, -0.15) is 0 Å². The quantitative estimate of drug-likeness (QED) is 0.910. The highest BCUT2D eigenvalue weighted by molar-refractivity contribution is 5.97. The fraction of sp³-hybridized carbons (Fsp3) is 0.529. The van der Waals surface area contributed by atoms with Gasteiger partial charge in [-0.25, -0.2) is 4.79 Å². The van der Waals surface area contributed by atoms with Gasteiger partial charge >= 0.3 is 5.97 Å². The van der Waals surface area contributed by atoms with Crippen molar-refractivity contribution in [1.82, 2.24) is 4.90 Å². The van der Waals surface area contributed by atoms with Crippen LogP contribution >= 0.6 is 0 Å². The highest BCUT2D eigenvalue weighted by Crippen LogP contribution is 2.27. The van der Waals surface area contributed by atoms with Crippen LogP contribution in [-0.4, -0.2) is 60.9 Å². The second-order valence-electron chi connectivity index (χ2n) is 6.09. The maximum atomic E-state index is 12.8. The molecule has 2 saturated heterocycles. The van der Waals surface area contributed by atoms with E-state index in [4.69, 9.17) is 9.47 Å². The zero-order valence-electron chi connectivity index (χ0n) is 13.1. The Morgan fingerprint density at radius 3 is 2.87 bits per heavy atom. The van der Waals surface area contributed by atoms with Crippen molar-refractivity contribution in [3.63, 3.8) is 0 Å². The number of carbonyl (C=O) groups is 2. The predicted molar refractivity (Wildman–Crippen MR) is 82.5 cm³/mol. The average Bonchev–Trinajstić information content (AvgIpc) is 3.23. The first kappa shape index (κ1) is 16.0. The minimum atomic E-state index is -0.988. The molecule has 2 fully saturated rings. The van der Waals surface area contributed by atoms with Gasteiger partial charge in [0.05, 0.1) is 12.7 Å². The van der Waals surface area contributed by atoms with Crippen LogP contribution < -0.4 is 0 Å². The SMILES string of the molecule is COC1CC(C(=O)O)N(C(=O)c2cccc(C3CCOC3)c2)C1. The Kier molecular flexibility index (Phi) is 4.63. The van der Waals surface area contributed by atoms with E-state index in [1.54, 1.807) is 6.07 Å². The van der Waals surface area contributed by atoms with E-state index >= 15 is 0 Å². The standard InChI is InChI=1S/C17H21NO5/c1-22-14-8-15(17(20)21)18(9-14)16(19)12-4-2-3-11(7-12)13-5-6-23-10-13/h2-4,7,13-15H,5-6,8-10H2,1H3,(H,20,21). The predicted octanol–water partition coefficient (Wildman–Crippen LogP) is 1.50. The smallest absolute Gasteiger partial charge is 0.326 e. The third-order valence-corrected chi connectivity index (χ3v) is 4.68. The Morgan fingerprint density at radius 2 is 2.22 bits per heavy atom. The van der Waals surface area contributed by atoms with Gasteiger partial charge in [0.1, 0.15) is 6.04 Å². The first-order chi connectivity index (χ1) is 11.1. The molecule has 2 heterocycles. The third kappa shape index (κ3) is 3.23. The molecule has 6 nitrogen and oxygen atoms in total. The zero-order chi connectivity index (χ0) is 16.4. The summed E-state index contributed by atoms with van der Waals surface area (Å²) in [7, 11) is 1.54. The number of rotatable bonds is 4. The van der Waals surface area contributed by atoms with Crippen LogP contribution in [0.1, 0.15) is 34.7 Å². The molecule has 23 heavy (non-hydrogen) atoms. The summed E-state index contributed by atoms with van der Waals surface area (Å²) in [5, 5.41) is 9.35. The largest absolute Gasteiger partial charge is 0.480 e. The lowest BCUT2D eigenvalue weighted by Gasteiger charge is -2.22. The maximum Gasteiger partial charge on any atom is 0.326 e. The molecule has 3 unspecified atom stereocenters. The topological polar surface area (TPSA) is 76.1 Å². The van der Waals surface area contributed by atoms with E-state index in [0.29, 0.717) is 31.1 Å². The van der Waals surface area contributed by atoms with Crippen LogP contribution in [-0.2, 0) is 14.3 Å². The van der Waals surface area contributed by atoms with Gasteiger partial charge in [0, 0.05) is 38.2 Å². The monoisotopic (exact) mass is 319 g/mol. The molecular formula is C17H21NO5. The fourth-order valence-corrected chi connectivity index (χ4v) is 3.32. The molecule has 6 heteroatoms. The summed E-state index contributed by atoms with van der Waals surface area (Å²) in [6.07, 6.45) is 1.05. The molecule has 0 saturated carbocycles. The van der Waals surface area contributed by atoms with Crippen molar-refractivity contribution in [3.8, 4) is 0 Å². The fourth-order valence-electron chi connectivity index (χ4n) is 3.32. The van der Waals surface area contributed by atoms with Gasteiger partial charge in [0.2, 0.25) is 0 Å². The summed E-state index contributed by atoms with van der Waals surface area (Å²) in [5.74, 6) is -0.931. The van der Waals surface area contributed by atoms with Gasteiger partial charge in [0.15, 0.2) is 0 Å². The Balaban J connectivity index is 1.81. The van der Waals surface area contributed by atoms with E-state index in [0.717, 1.165) is 18.6 Å². The van der Waals surface area contributed by atoms with Crippen molar-refractivity contribution in [2.24, 2.45) is 0 Å². The molecule has 2 aliphatic heterocycles.